The summed E-state index contributed by atoms with van der Waals surface area (Å²) in [5.74, 6) is 4.73. The first kappa shape index (κ1) is 26.0. The van der Waals surface area contributed by atoms with Crippen molar-refractivity contribution in [2.45, 2.75) is 51.9 Å². The van der Waals surface area contributed by atoms with Gasteiger partial charge in [-0.15, -0.1) is 0 Å². The zero-order valence-electron chi connectivity index (χ0n) is 20.0. The molecule has 0 saturated carbocycles. The van der Waals surface area contributed by atoms with Crippen molar-refractivity contribution in [3.63, 3.8) is 0 Å². The summed E-state index contributed by atoms with van der Waals surface area (Å²) in [7, 11) is 0. The maximum absolute atomic E-state index is 13.3. The molecule has 3 rings (SSSR count). The molecule has 0 aromatic heterocycles. The summed E-state index contributed by atoms with van der Waals surface area (Å²) in [6.07, 6.45) is 8.78. The number of rotatable bonds is 11. The van der Waals surface area contributed by atoms with Gasteiger partial charge in [0, 0.05) is 17.2 Å². The summed E-state index contributed by atoms with van der Waals surface area (Å²) in [4.78, 5) is 12.1. The molecule has 3 aromatic carbocycles. The average Bonchev–Trinajstić information content (AvgIpc) is 2.85. The van der Waals surface area contributed by atoms with Gasteiger partial charge in [0.25, 0.3) is 0 Å². The molecule has 0 saturated heterocycles. The predicted molar refractivity (Wildman–Crippen MR) is 134 cm³/mol. The van der Waals surface area contributed by atoms with Crippen molar-refractivity contribution in [1.29, 1.82) is 0 Å². The topological polar surface area (TPSA) is 35.5 Å². The first-order valence-electron chi connectivity index (χ1n) is 12.1. The van der Waals surface area contributed by atoms with Gasteiger partial charge >= 0.3 is 5.97 Å². The molecule has 0 atom stereocenters. The van der Waals surface area contributed by atoms with Crippen LogP contribution in [-0.4, -0.2) is 12.6 Å². The van der Waals surface area contributed by atoms with Gasteiger partial charge in [-0.2, -0.15) is 0 Å². The Morgan fingerprint density at radius 1 is 0.714 bits per heavy atom. The lowest BCUT2D eigenvalue weighted by Crippen LogP contribution is -2.09. The molecule has 0 amide bonds. The van der Waals surface area contributed by atoms with Crippen LogP contribution >= 0.6 is 0 Å². The molecule has 3 aromatic rings. The van der Waals surface area contributed by atoms with Crippen LogP contribution in [0.25, 0.3) is 0 Å². The maximum atomic E-state index is 13.3. The van der Waals surface area contributed by atoms with E-state index in [-0.39, 0.29) is 11.3 Å². The Kier molecular flexibility index (Phi) is 10.3. The number of ether oxygens (including phenoxy) is 2. The number of unbranched alkanes of at least 4 members (excludes halogenated alkanes) is 6. The summed E-state index contributed by atoms with van der Waals surface area (Å²) in [6.45, 7) is 2.96. The minimum Gasteiger partial charge on any atom is -0.494 e. The first-order chi connectivity index (χ1) is 17.0. The van der Waals surface area contributed by atoms with Crippen molar-refractivity contribution in [2.24, 2.45) is 0 Å². The summed E-state index contributed by atoms with van der Waals surface area (Å²) in [5.41, 5.74) is 1.40. The van der Waals surface area contributed by atoms with Gasteiger partial charge in [-0.1, -0.05) is 57.3 Å². The number of benzene rings is 3. The standard InChI is InChI=1S/C30H30F2O3/c1-2-3-4-5-6-7-8-19-34-28-15-11-23(12-16-28)9-10-24-13-17-29(18-14-24)35-30(33)25-20-26(31)22-27(32)21-25/h11-18,20-22H,2-8,19H2,1H3. The fourth-order valence-corrected chi connectivity index (χ4v) is 3.47. The summed E-state index contributed by atoms with van der Waals surface area (Å²) in [5, 5.41) is 0. The van der Waals surface area contributed by atoms with Gasteiger partial charge in [-0.05, 0) is 67.1 Å². The molecule has 0 spiro atoms. The molecule has 0 radical (unpaired) electrons. The Bertz CT molecular complexity index is 1120. The van der Waals surface area contributed by atoms with E-state index in [0.717, 1.165) is 42.0 Å². The van der Waals surface area contributed by atoms with Crippen molar-refractivity contribution >= 4 is 5.97 Å². The fourth-order valence-electron chi connectivity index (χ4n) is 3.47. The quantitative estimate of drug-likeness (QED) is 0.123. The van der Waals surface area contributed by atoms with Gasteiger partial charge in [-0.25, -0.2) is 13.6 Å². The van der Waals surface area contributed by atoms with E-state index >= 15 is 0 Å². The van der Waals surface area contributed by atoms with E-state index < -0.39 is 17.6 Å². The van der Waals surface area contributed by atoms with Crippen molar-refractivity contribution in [2.75, 3.05) is 6.61 Å². The SMILES string of the molecule is CCCCCCCCCOc1ccc(C#Cc2ccc(OC(=O)c3cc(F)cc(F)c3)cc2)cc1. The Balaban J connectivity index is 1.45. The van der Waals surface area contributed by atoms with Crippen LogP contribution in [-0.2, 0) is 0 Å². The fraction of sp³-hybridized carbons (Fsp3) is 0.300. The molecule has 182 valence electrons. The lowest BCUT2D eigenvalue weighted by atomic mass is 10.1. The Hall–Kier alpha value is -3.65. The van der Waals surface area contributed by atoms with Gasteiger partial charge in [0.1, 0.15) is 23.1 Å². The highest BCUT2D eigenvalue weighted by atomic mass is 19.1. The van der Waals surface area contributed by atoms with E-state index in [1.165, 1.54) is 38.5 Å². The lowest BCUT2D eigenvalue weighted by Gasteiger charge is -2.06. The number of hydrogen-bond acceptors (Lipinski definition) is 3. The third-order valence-electron chi connectivity index (χ3n) is 5.39. The first-order valence-corrected chi connectivity index (χ1v) is 12.1. The van der Waals surface area contributed by atoms with E-state index in [1.54, 1.807) is 24.3 Å². The second-order valence-corrected chi connectivity index (χ2v) is 8.32. The Morgan fingerprint density at radius 2 is 1.23 bits per heavy atom. The van der Waals surface area contributed by atoms with E-state index in [1.807, 2.05) is 24.3 Å². The molecule has 0 heterocycles. The van der Waals surface area contributed by atoms with Crippen molar-refractivity contribution in [3.8, 4) is 23.3 Å². The second-order valence-electron chi connectivity index (χ2n) is 8.32. The molecule has 0 bridgehead atoms. The van der Waals surface area contributed by atoms with E-state index in [0.29, 0.717) is 6.07 Å². The van der Waals surface area contributed by atoms with Gasteiger partial charge < -0.3 is 9.47 Å². The molecule has 0 fully saturated rings. The molecule has 0 aliphatic rings. The van der Waals surface area contributed by atoms with Gasteiger partial charge in [0.05, 0.1) is 12.2 Å². The third-order valence-corrected chi connectivity index (χ3v) is 5.39. The van der Waals surface area contributed by atoms with Crippen LogP contribution in [0.1, 0.15) is 73.4 Å². The van der Waals surface area contributed by atoms with Crippen LogP contribution in [0.5, 0.6) is 11.5 Å². The number of hydrogen-bond donors (Lipinski definition) is 0. The smallest absolute Gasteiger partial charge is 0.343 e. The molecular weight excluding hydrogens is 446 g/mol. The lowest BCUT2D eigenvalue weighted by molar-refractivity contribution is 0.0733. The molecule has 0 N–H and O–H groups in total. The highest BCUT2D eigenvalue weighted by Gasteiger charge is 2.11. The zero-order chi connectivity index (χ0) is 24.9. The van der Waals surface area contributed by atoms with E-state index in [2.05, 4.69) is 18.8 Å². The number of carbonyl (C=O) groups is 1. The van der Waals surface area contributed by atoms with Crippen LogP contribution in [0.2, 0.25) is 0 Å². The third kappa shape index (κ3) is 9.25. The molecule has 5 heteroatoms. The number of carbonyl (C=O) groups excluding carboxylic acids is 1. The maximum Gasteiger partial charge on any atom is 0.343 e. The van der Waals surface area contributed by atoms with Gasteiger partial charge in [0.15, 0.2) is 0 Å². The largest absolute Gasteiger partial charge is 0.494 e. The predicted octanol–water partition coefficient (Wildman–Crippen LogP) is 7.71. The zero-order valence-corrected chi connectivity index (χ0v) is 20.0. The molecule has 35 heavy (non-hydrogen) atoms. The van der Waals surface area contributed by atoms with Crippen LogP contribution in [0, 0.1) is 23.5 Å². The summed E-state index contributed by atoms with van der Waals surface area (Å²) >= 11 is 0. The minimum atomic E-state index is -0.838. The van der Waals surface area contributed by atoms with Gasteiger partial charge in [-0.3, -0.25) is 0 Å². The average molecular weight is 477 g/mol. The van der Waals surface area contributed by atoms with Crippen LogP contribution in [0.15, 0.2) is 66.7 Å². The van der Waals surface area contributed by atoms with Crippen LogP contribution in [0.4, 0.5) is 8.78 Å². The Labute approximate surface area is 206 Å². The summed E-state index contributed by atoms with van der Waals surface area (Å²) in [6, 6.07) is 16.8. The van der Waals surface area contributed by atoms with Crippen LogP contribution in [0.3, 0.4) is 0 Å². The highest BCUT2D eigenvalue weighted by Crippen LogP contribution is 2.16. The molecule has 3 nitrogen and oxygen atoms in total. The van der Waals surface area contributed by atoms with Gasteiger partial charge in [0.2, 0.25) is 0 Å². The van der Waals surface area contributed by atoms with Crippen molar-refractivity contribution < 1.29 is 23.0 Å². The second kappa shape index (κ2) is 13.9. The monoisotopic (exact) mass is 476 g/mol. The highest BCUT2D eigenvalue weighted by molar-refractivity contribution is 5.91. The number of esters is 1. The molecule has 0 unspecified atom stereocenters. The van der Waals surface area contributed by atoms with Crippen LogP contribution < -0.4 is 9.47 Å². The molecule has 0 aliphatic carbocycles. The molecule has 0 aliphatic heterocycles. The van der Waals surface area contributed by atoms with Crippen molar-refractivity contribution in [3.05, 3.63) is 95.1 Å². The van der Waals surface area contributed by atoms with E-state index in [9.17, 15) is 13.6 Å². The number of halogens is 2. The Morgan fingerprint density at radius 3 is 1.80 bits per heavy atom. The minimum absolute atomic E-state index is 0.193. The van der Waals surface area contributed by atoms with Crippen molar-refractivity contribution in [1.82, 2.24) is 0 Å². The normalized spacial score (nSPS) is 10.4. The molecular formula is C30H30F2O3. The summed E-state index contributed by atoms with van der Waals surface area (Å²) < 4.78 is 37.6. The van der Waals surface area contributed by atoms with E-state index in [4.69, 9.17) is 9.47 Å².